The molecule has 0 aliphatic rings. The van der Waals surface area contributed by atoms with Crippen LogP contribution in [0.25, 0.3) is 0 Å². The number of hydrogen-bond acceptors (Lipinski definition) is 12. The standard InChI is InChI=1S/C39H70O12P2/c1-29(2)18-16-20-31(5)22-23-33(53(44,50-27-46-35(41)38(10,11)12)51-28-47-36(42)39(13,14)15)52(43,49-26-45-34(40)37(7,8)9)48-25-24-32(6)21-17-19-30(3)4/h18-19,22,32-33H,16-17,20-21,23-28H2,1-15H3/b31-22+/t32-,33?,52?/m0/s1. The zero-order chi connectivity index (χ0) is 41.3. The highest BCUT2D eigenvalue weighted by Gasteiger charge is 2.52. The Hall–Kier alpha value is -2.07. The van der Waals surface area contributed by atoms with Crippen molar-refractivity contribution in [3.8, 4) is 0 Å². The van der Waals surface area contributed by atoms with Gasteiger partial charge in [-0.3, -0.25) is 37.1 Å². The van der Waals surface area contributed by atoms with Crippen molar-refractivity contribution < 1.29 is 55.8 Å². The quantitative estimate of drug-likeness (QED) is 0.0318. The number of rotatable bonds is 23. The van der Waals surface area contributed by atoms with Gasteiger partial charge < -0.3 is 18.7 Å². The summed E-state index contributed by atoms with van der Waals surface area (Å²) in [6, 6.07) is 0. The Labute approximate surface area is 320 Å². The third kappa shape index (κ3) is 21.6. The van der Waals surface area contributed by atoms with Gasteiger partial charge in [0.25, 0.3) is 0 Å². The Morgan fingerprint density at radius 2 is 0.943 bits per heavy atom. The normalized spacial score (nSPS) is 15.1. The minimum Gasteiger partial charge on any atom is -0.438 e. The Balaban J connectivity index is 7.04. The van der Waals surface area contributed by atoms with Crippen LogP contribution in [0.15, 0.2) is 34.9 Å². The lowest BCUT2D eigenvalue weighted by Crippen LogP contribution is -2.27. The van der Waals surface area contributed by atoms with Crippen LogP contribution in [-0.4, -0.2) is 50.3 Å². The van der Waals surface area contributed by atoms with E-state index in [1.807, 2.05) is 41.5 Å². The summed E-state index contributed by atoms with van der Waals surface area (Å²) in [5, 5.41) is -1.65. The van der Waals surface area contributed by atoms with Crippen molar-refractivity contribution in [2.24, 2.45) is 22.2 Å². The van der Waals surface area contributed by atoms with Crippen LogP contribution >= 0.6 is 15.2 Å². The van der Waals surface area contributed by atoms with E-state index >= 15 is 4.57 Å². The van der Waals surface area contributed by atoms with E-state index < -0.39 is 75.1 Å². The number of ether oxygens (including phenoxy) is 3. The molecule has 0 amide bonds. The second-order valence-electron chi connectivity index (χ2n) is 17.0. The van der Waals surface area contributed by atoms with E-state index in [2.05, 4.69) is 12.2 Å². The van der Waals surface area contributed by atoms with Crippen LogP contribution in [0.3, 0.4) is 0 Å². The molecule has 0 bridgehead atoms. The van der Waals surface area contributed by atoms with E-state index in [1.165, 1.54) is 5.57 Å². The maximum atomic E-state index is 15.1. The van der Waals surface area contributed by atoms with E-state index in [0.29, 0.717) is 12.8 Å². The summed E-state index contributed by atoms with van der Waals surface area (Å²) in [6.45, 7) is 24.3. The fourth-order valence-electron chi connectivity index (χ4n) is 4.14. The van der Waals surface area contributed by atoms with Gasteiger partial charge in [0.1, 0.15) is 0 Å². The molecule has 0 saturated carbocycles. The molecular weight excluding hydrogens is 722 g/mol. The molecule has 0 spiro atoms. The maximum absolute atomic E-state index is 15.1. The first-order valence-corrected chi connectivity index (χ1v) is 21.6. The van der Waals surface area contributed by atoms with E-state index in [-0.39, 0.29) is 18.9 Å². The summed E-state index contributed by atoms with van der Waals surface area (Å²) in [6.07, 6.45) is 9.35. The summed E-state index contributed by atoms with van der Waals surface area (Å²) in [7, 11) is -9.31. The minimum absolute atomic E-state index is 0.0573. The first kappa shape index (κ1) is 50.9. The molecular formula is C39H70O12P2. The minimum atomic E-state index is -4.73. The van der Waals surface area contributed by atoms with E-state index in [0.717, 1.165) is 30.4 Å². The number of esters is 3. The van der Waals surface area contributed by atoms with Gasteiger partial charge in [0.15, 0.2) is 5.40 Å². The molecule has 12 nitrogen and oxygen atoms in total. The molecule has 0 heterocycles. The second-order valence-corrected chi connectivity index (χ2v) is 21.9. The summed E-state index contributed by atoms with van der Waals surface area (Å²) in [4.78, 5) is 37.9. The highest BCUT2D eigenvalue weighted by Crippen LogP contribution is 2.71. The third-order valence-corrected chi connectivity index (χ3v) is 13.2. The largest absolute Gasteiger partial charge is 0.438 e. The van der Waals surface area contributed by atoms with Crippen LogP contribution in [0.2, 0.25) is 0 Å². The van der Waals surface area contributed by atoms with E-state index in [1.54, 1.807) is 68.4 Å². The second kappa shape index (κ2) is 23.1. The fourth-order valence-corrected chi connectivity index (χ4v) is 8.85. The van der Waals surface area contributed by atoms with Crippen molar-refractivity contribution in [3.05, 3.63) is 34.9 Å². The van der Waals surface area contributed by atoms with Crippen LogP contribution in [0.5, 0.6) is 0 Å². The van der Waals surface area contributed by atoms with Gasteiger partial charge in [0, 0.05) is 0 Å². The predicted molar refractivity (Wildman–Crippen MR) is 209 cm³/mol. The third-order valence-electron chi connectivity index (χ3n) is 7.70. The van der Waals surface area contributed by atoms with Gasteiger partial charge >= 0.3 is 33.1 Å². The SMILES string of the molecule is CC(C)=CCC/C(C)=C/CC(P(=O)(OCC[C@@H](C)CCC=C(C)C)OCOC(=O)C(C)(C)C)P(=O)(OCOC(=O)C(C)(C)C)OCOC(=O)C(C)(C)C. The van der Waals surface area contributed by atoms with Gasteiger partial charge in [-0.25, -0.2) is 0 Å². The lowest BCUT2D eigenvalue weighted by Gasteiger charge is -2.32. The molecule has 0 radical (unpaired) electrons. The van der Waals surface area contributed by atoms with Crippen molar-refractivity contribution in [3.63, 3.8) is 0 Å². The van der Waals surface area contributed by atoms with Crippen molar-refractivity contribution in [1.82, 2.24) is 0 Å². The van der Waals surface area contributed by atoms with Gasteiger partial charge in [-0.05, 0) is 141 Å². The molecule has 0 N–H and O–H groups in total. The Morgan fingerprint density at radius 3 is 1.32 bits per heavy atom. The predicted octanol–water partition coefficient (Wildman–Crippen LogP) is 11.3. The van der Waals surface area contributed by atoms with Gasteiger partial charge in [0.2, 0.25) is 20.4 Å². The molecule has 0 aliphatic carbocycles. The molecule has 0 aromatic carbocycles. The molecule has 0 saturated heterocycles. The Morgan fingerprint density at radius 1 is 0.566 bits per heavy atom. The Kier molecular flexibility index (Phi) is 22.2. The fraction of sp³-hybridized carbons (Fsp3) is 0.769. The van der Waals surface area contributed by atoms with E-state index in [4.69, 9.17) is 32.3 Å². The van der Waals surface area contributed by atoms with Crippen molar-refractivity contribution in [2.75, 3.05) is 27.0 Å². The first-order chi connectivity index (χ1) is 24.1. The molecule has 14 heteroatoms. The molecule has 0 fully saturated rings. The number of carbonyl (C=O) groups excluding carboxylic acids is 3. The van der Waals surface area contributed by atoms with Crippen LogP contribution in [0.1, 0.15) is 142 Å². The zero-order valence-electron chi connectivity index (χ0n) is 35.3. The number of carbonyl (C=O) groups is 3. The molecule has 0 rings (SSSR count). The molecule has 0 aromatic heterocycles. The average Bonchev–Trinajstić information content (AvgIpc) is 2.99. The Bertz CT molecular complexity index is 1320. The van der Waals surface area contributed by atoms with Crippen LogP contribution in [0.4, 0.5) is 0 Å². The highest BCUT2D eigenvalue weighted by atomic mass is 31.2. The molecule has 0 aromatic rings. The molecule has 2 unspecified atom stereocenters. The van der Waals surface area contributed by atoms with Crippen LogP contribution < -0.4 is 0 Å². The lowest BCUT2D eigenvalue weighted by molar-refractivity contribution is -0.162. The summed E-state index contributed by atoms with van der Waals surface area (Å²) in [5.74, 6) is -1.76. The maximum Gasteiger partial charge on any atom is 0.351 e. The summed E-state index contributed by atoms with van der Waals surface area (Å²) < 4.78 is 69.2. The first-order valence-electron chi connectivity index (χ1n) is 18.4. The van der Waals surface area contributed by atoms with Crippen molar-refractivity contribution >= 4 is 33.1 Å². The summed E-state index contributed by atoms with van der Waals surface area (Å²) >= 11 is 0. The lowest BCUT2D eigenvalue weighted by atomic mass is 9.98. The van der Waals surface area contributed by atoms with E-state index in [9.17, 15) is 18.9 Å². The molecule has 308 valence electrons. The van der Waals surface area contributed by atoms with Gasteiger partial charge in [-0.15, -0.1) is 0 Å². The molecule has 3 atom stereocenters. The average molecular weight is 793 g/mol. The zero-order valence-corrected chi connectivity index (χ0v) is 37.0. The van der Waals surface area contributed by atoms with Gasteiger partial charge in [-0.2, -0.15) is 0 Å². The van der Waals surface area contributed by atoms with Crippen LogP contribution in [0, 0.1) is 22.2 Å². The molecule has 0 aliphatic heterocycles. The highest BCUT2D eigenvalue weighted by molar-refractivity contribution is 7.72. The van der Waals surface area contributed by atoms with Gasteiger partial charge in [0.05, 0.1) is 22.9 Å². The number of allylic oxidation sites excluding steroid dienone is 6. The smallest absolute Gasteiger partial charge is 0.351 e. The topological polar surface area (TPSA) is 150 Å². The monoisotopic (exact) mass is 792 g/mol. The molecule has 53 heavy (non-hydrogen) atoms. The van der Waals surface area contributed by atoms with Crippen molar-refractivity contribution in [2.45, 2.75) is 148 Å². The number of hydrogen-bond donors (Lipinski definition) is 0. The van der Waals surface area contributed by atoms with Crippen molar-refractivity contribution in [1.29, 1.82) is 0 Å². The van der Waals surface area contributed by atoms with Crippen LogP contribution in [-0.2, 0) is 55.8 Å². The summed E-state index contributed by atoms with van der Waals surface area (Å²) in [5.41, 5.74) is 0.525. The van der Waals surface area contributed by atoms with Gasteiger partial charge in [-0.1, -0.05) is 41.9 Å².